The smallest absolute Gasteiger partial charge is 0.220 e. The van der Waals surface area contributed by atoms with Crippen LogP contribution in [-0.2, 0) is 6.54 Å². The van der Waals surface area contributed by atoms with E-state index in [0.29, 0.717) is 12.1 Å². The zero-order valence-corrected chi connectivity index (χ0v) is 12.5. The number of aromatic hydroxyl groups is 2. The fourth-order valence-electron chi connectivity index (χ4n) is 1.66. The summed E-state index contributed by atoms with van der Waals surface area (Å²) in [6, 6.07) is 4.86. The fraction of sp³-hybridized carbons (Fsp3) is 0.143. The van der Waals surface area contributed by atoms with E-state index in [2.05, 4.69) is 11.7 Å². The molecule has 106 valence electrons. The van der Waals surface area contributed by atoms with Crippen LogP contribution in [-0.4, -0.2) is 20.0 Å². The molecule has 2 aromatic rings. The van der Waals surface area contributed by atoms with E-state index < -0.39 is 0 Å². The van der Waals surface area contributed by atoms with Crippen LogP contribution >= 0.6 is 11.3 Å². The van der Waals surface area contributed by atoms with Gasteiger partial charge in [0.1, 0.15) is 0 Å². The highest BCUT2D eigenvalue weighted by Gasteiger charge is 2.11. The molecular weight excluding hydrogens is 296 g/mol. The van der Waals surface area contributed by atoms with E-state index in [1.807, 2.05) is 17.7 Å². The molecule has 20 heavy (non-hydrogen) atoms. The lowest BCUT2D eigenvalue weighted by molar-refractivity contribution is -0.00000561. The number of nitrogens with zero attached hydrogens (tertiary/aromatic N) is 2. The molecule has 1 aromatic heterocycles. The molecule has 1 heterocycles. The maximum absolute atomic E-state index is 9.72. The number of para-hydroxylation sites is 1. The molecule has 2 N–H and O–H groups in total. The Morgan fingerprint density at radius 1 is 1.45 bits per heavy atom. The van der Waals surface area contributed by atoms with Crippen molar-refractivity contribution < 1.29 is 22.6 Å². The van der Waals surface area contributed by atoms with Crippen LogP contribution in [0.25, 0.3) is 12.2 Å². The molecule has 0 radical (unpaired) electrons. The normalized spacial score (nSPS) is 10.4. The summed E-state index contributed by atoms with van der Waals surface area (Å²) in [6.45, 7) is 6.27. The maximum atomic E-state index is 9.72. The van der Waals surface area contributed by atoms with Crippen molar-refractivity contribution in [2.24, 2.45) is 0 Å². The average Bonchev–Trinajstić information content (AvgIpc) is 2.72. The van der Waals surface area contributed by atoms with Crippen LogP contribution in [0.2, 0.25) is 0 Å². The largest absolute Gasteiger partial charge is 1.00 e. The first-order valence-corrected chi connectivity index (χ1v) is 6.61. The molecule has 0 saturated heterocycles. The maximum Gasteiger partial charge on any atom is 0.220 e. The molecule has 0 atom stereocenters. The number of halogens is 1. The number of benzene rings is 1. The highest BCUT2D eigenvalue weighted by Crippen LogP contribution is 2.29. The fourth-order valence-corrected chi connectivity index (χ4v) is 2.46. The minimum Gasteiger partial charge on any atom is -1.00 e. The average molecular weight is 311 g/mol. The molecule has 1 aromatic carbocycles. The Kier molecular flexibility index (Phi) is 5.73. The summed E-state index contributed by atoms with van der Waals surface area (Å²) in [5.74, 6) is -0.239. The number of hydrogen-bond acceptors (Lipinski definition) is 4. The van der Waals surface area contributed by atoms with Gasteiger partial charge in [0.25, 0.3) is 0 Å². The SMILES string of the molecule is C=CCn1nc(C)s[c+]1C=Cc1cccc(O)c1O.[Cl-]. The van der Waals surface area contributed by atoms with Crippen molar-refractivity contribution in [2.45, 2.75) is 13.5 Å². The van der Waals surface area contributed by atoms with Crippen LogP contribution in [0.1, 0.15) is 15.6 Å². The molecule has 0 aliphatic heterocycles. The minimum atomic E-state index is -0.124. The molecule has 6 heteroatoms. The minimum absolute atomic E-state index is 0. The van der Waals surface area contributed by atoms with Gasteiger partial charge in [-0.3, -0.25) is 0 Å². The van der Waals surface area contributed by atoms with Crippen LogP contribution in [0.4, 0.5) is 0 Å². The van der Waals surface area contributed by atoms with Crippen LogP contribution in [0.3, 0.4) is 0 Å². The Hall–Kier alpha value is -1.85. The van der Waals surface area contributed by atoms with E-state index in [0.717, 1.165) is 10.0 Å². The molecular formula is C14H15ClN2O2S. The van der Waals surface area contributed by atoms with Gasteiger partial charge in [-0.15, -0.1) is 6.58 Å². The zero-order valence-electron chi connectivity index (χ0n) is 11.0. The van der Waals surface area contributed by atoms with Crippen molar-refractivity contribution in [3.8, 4) is 11.5 Å². The molecule has 0 fully saturated rings. The summed E-state index contributed by atoms with van der Waals surface area (Å²) in [7, 11) is 0. The third-order valence-corrected chi connectivity index (χ3v) is 3.45. The van der Waals surface area contributed by atoms with Gasteiger partial charge in [-0.05, 0) is 12.1 Å². The number of aromatic nitrogens is 2. The van der Waals surface area contributed by atoms with Gasteiger partial charge in [-0.1, -0.05) is 17.2 Å². The van der Waals surface area contributed by atoms with Gasteiger partial charge in [-0.25, -0.2) is 0 Å². The number of phenolic OH excluding ortho intramolecular Hbond substituents is 2. The second kappa shape index (κ2) is 7.07. The summed E-state index contributed by atoms with van der Waals surface area (Å²) in [6.07, 6.45) is 5.40. The van der Waals surface area contributed by atoms with E-state index in [-0.39, 0.29) is 23.9 Å². The lowest BCUT2D eigenvalue weighted by atomic mass is 10.2. The van der Waals surface area contributed by atoms with Gasteiger partial charge in [0, 0.05) is 24.3 Å². The van der Waals surface area contributed by atoms with Crippen molar-refractivity contribution >= 4 is 23.5 Å². The van der Waals surface area contributed by atoms with E-state index in [1.165, 1.54) is 6.07 Å². The van der Waals surface area contributed by atoms with Gasteiger partial charge in [-0.2, -0.15) is 4.68 Å². The van der Waals surface area contributed by atoms with Gasteiger partial charge in [0.15, 0.2) is 11.5 Å². The third-order valence-electron chi connectivity index (χ3n) is 2.52. The van der Waals surface area contributed by atoms with Gasteiger partial charge >= 0.3 is 0 Å². The Morgan fingerprint density at radius 3 is 2.90 bits per heavy atom. The van der Waals surface area contributed by atoms with Crippen LogP contribution in [0, 0.1) is 6.92 Å². The number of rotatable bonds is 4. The Balaban J connectivity index is 0.00000200. The molecule has 0 spiro atoms. The quantitative estimate of drug-likeness (QED) is 0.485. The molecule has 0 aliphatic carbocycles. The summed E-state index contributed by atoms with van der Waals surface area (Å²) < 4.78 is 1.84. The summed E-state index contributed by atoms with van der Waals surface area (Å²) >= 11 is 1.56. The van der Waals surface area contributed by atoms with Crippen molar-refractivity contribution in [3.05, 3.63) is 46.4 Å². The number of allylic oxidation sites excluding steroid dienone is 1. The first-order valence-electron chi connectivity index (χ1n) is 5.79. The van der Waals surface area contributed by atoms with Crippen LogP contribution < -0.4 is 12.4 Å². The first kappa shape index (κ1) is 16.2. The highest BCUT2D eigenvalue weighted by atomic mass is 35.5. The first-order chi connectivity index (χ1) is 9.11. The topological polar surface area (TPSA) is 58.3 Å². The van der Waals surface area contributed by atoms with Crippen LogP contribution in [0.5, 0.6) is 11.5 Å². The van der Waals surface area contributed by atoms with Crippen molar-refractivity contribution in [1.82, 2.24) is 9.78 Å². The van der Waals surface area contributed by atoms with Gasteiger partial charge < -0.3 is 22.6 Å². The van der Waals surface area contributed by atoms with Crippen molar-refractivity contribution in [2.75, 3.05) is 0 Å². The second-order valence-electron chi connectivity index (χ2n) is 3.98. The van der Waals surface area contributed by atoms with E-state index >= 15 is 0 Å². The lowest BCUT2D eigenvalue weighted by Crippen LogP contribution is -3.00. The Morgan fingerprint density at radius 2 is 2.20 bits per heavy atom. The molecule has 0 saturated carbocycles. The van der Waals surface area contributed by atoms with E-state index in [9.17, 15) is 10.2 Å². The van der Waals surface area contributed by atoms with Crippen molar-refractivity contribution in [1.29, 1.82) is 0 Å². The standard InChI is InChI=1S/C14H14N2O2S.ClH/c1-3-9-16-13(19-10(2)15-16)8-7-11-5-4-6-12(17)14(11)18;/h3-8H,1,9H2,2H3,(H-,17,18);1H. The Bertz CT molecular complexity index is 638. The third kappa shape index (κ3) is 3.59. The molecule has 0 aliphatic rings. The molecule has 4 nitrogen and oxygen atoms in total. The van der Waals surface area contributed by atoms with Crippen LogP contribution in [0.15, 0.2) is 30.9 Å². The predicted molar refractivity (Wildman–Crippen MR) is 78.1 cm³/mol. The van der Waals surface area contributed by atoms with Gasteiger partial charge in [0.2, 0.25) is 10.0 Å². The van der Waals surface area contributed by atoms with E-state index in [4.69, 9.17) is 0 Å². The number of phenols is 2. The summed E-state index contributed by atoms with van der Waals surface area (Å²) in [5, 5.41) is 25.4. The second-order valence-corrected chi connectivity index (χ2v) is 5.19. The zero-order chi connectivity index (χ0) is 13.8. The predicted octanol–water partition coefficient (Wildman–Crippen LogP) is 0.306. The summed E-state index contributed by atoms with van der Waals surface area (Å²) in [5.41, 5.74) is 0.566. The molecule has 0 amide bonds. The number of aryl methyl sites for hydroxylation is 1. The van der Waals surface area contributed by atoms with Gasteiger partial charge in [0.05, 0.1) is 18.2 Å². The lowest BCUT2D eigenvalue weighted by Gasteiger charge is -1.98. The molecule has 2 rings (SSSR count). The summed E-state index contributed by atoms with van der Waals surface area (Å²) in [4.78, 5) is 0. The monoisotopic (exact) mass is 310 g/mol. The Labute approximate surface area is 127 Å². The molecule has 0 unspecified atom stereocenters. The number of hydrogen-bond donors (Lipinski definition) is 2. The van der Waals surface area contributed by atoms with E-state index in [1.54, 1.807) is 35.6 Å². The highest BCUT2D eigenvalue weighted by molar-refractivity contribution is 7.12. The van der Waals surface area contributed by atoms with Crippen molar-refractivity contribution in [3.63, 3.8) is 0 Å². The molecule has 0 bridgehead atoms.